The minimum absolute atomic E-state index is 0.418. The lowest BCUT2D eigenvalue weighted by molar-refractivity contribution is 0.744. The van der Waals surface area contributed by atoms with Crippen LogP contribution in [-0.2, 0) is 6.42 Å². The van der Waals surface area contributed by atoms with Crippen molar-refractivity contribution in [3.8, 4) is 5.82 Å². The first-order chi connectivity index (χ1) is 9.17. The molecule has 0 saturated heterocycles. The summed E-state index contributed by atoms with van der Waals surface area (Å²) in [7, 11) is 1.88. The third-order valence-electron chi connectivity index (χ3n) is 3.08. The van der Waals surface area contributed by atoms with E-state index in [-0.39, 0.29) is 0 Å². The SMILES string of the molecule is CCCc1c(NC)ncnc1-n1ccc(C(C)C)n1. The molecule has 0 radical (unpaired) electrons. The summed E-state index contributed by atoms with van der Waals surface area (Å²) in [5.74, 6) is 2.17. The van der Waals surface area contributed by atoms with Crippen LogP contribution in [0.5, 0.6) is 0 Å². The molecule has 0 aliphatic carbocycles. The summed E-state index contributed by atoms with van der Waals surface area (Å²) in [5, 5.41) is 7.72. The summed E-state index contributed by atoms with van der Waals surface area (Å²) in [6.45, 7) is 6.43. The second-order valence-corrected chi connectivity index (χ2v) is 4.86. The van der Waals surface area contributed by atoms with Crippen molar-refractivity contribution in [3.63, 3.8) is 0 Å². The number of aromatic nitrogens is 4. The fourth-order valence-corrected chi connectivity index (χ4v) is 2.06. The van der Waals surface area contributed by atoms with Crippen molar-refractivity contribution < 1.29 is 0 Å². The molecule has 0 atom stereocenters. The Labute approximate surface area is 114 Å². The average molecular weight is 259 g/mol. The predicted molar refractivity (Wildman–Crippen MR) is 76.8 cm³/mol. The standard InChI is InChI=1S/C14H21N5/c1-5-6-11-13(15-4)16-9-17-14(11)19-8-7-12(18-19)10(2)3/h7-10H,5-6H2,1-4H3,(H,15,16,17). The fourth-order valence-electron chi connectivity index (χ4n) is 2.06. The van der Waals surface area contributed by atoms with Gasteiger partial charge in [0.05, 0.1) is 5.69 Å². The van der Waals surface area contributed by atoms with Crippen LogP contribution in [-0.4, -0.2) is 26.8 Å². The van der Waals surface area contributed by atoms with E-state index >= 15 is 0 Å². The molecular weight excluding hydrogens is 238 g/mol. The maximum atomic E-state index is 4.60. The molecule has 2 heterocycles. The summed E-state index contributed by atoms with van der Waals surface area (Å²) in [5.41, 5.74) is 2.19. The van der Waals surface area contributed by atoms with E-state index < -0.39 is 0 Å². The zero-order valence-corrected chi connectivity index (χ0v) is 12.0. The van der Waals surface area contributed by atoms with E-state index in [1.165, 1.54) is 0 Å². The van der Waals surface area contributed by atoms with Crippen molar-refractivity contribution in [1.29, 1.82) is 0 Å². The van der Waals surface area contributed by atoms with Gasteiger partial charge in [-0.2, -0.15) is 5.10 Å². The second kappa shape index (κ2) is 5.82. The number of hydrogen-bond donors (Lipinski definition) is 1. The Morgan fingerprint density at radius 1 is 1.32 bits per heavy atom. The Kier molecular flexibility index (Phi) is 4.14. The van der Waals surface area contributed by atoms with Crippen molar-refractivity contribution in [2.45, 2.75) is 39.5 Å². The molecule has 2 aromatic heterocycles. The van der Waals surface area contributed by atoms with E-state index in [0.717, 1.165) is 35.7 Å². The number of nitrogens with zero attached hydrogens (tertiary/aromatic N) is 4. The molecule has 5 nitrogen and oxygen atoms in total. The molecule has 0 amide bonds. The molecule has 0 aliphatic rings. The smallest absolute Gasteiger partial charge is 0.161 e. The lowest BCUT2D eigenvalue weighted by atomic mass is 10.1. The molecular formula is C14H21N5. The maximum absolute atomic E-state index is 4.60. The molecule has 0 fully saturated rings. The first-order valence-electron chi connectivity index (χ1n) is 6.75. The molecule has 0 unspecified atom stereocenters. The average Bonchev–Trinajstić information content (AvgIpc) is 2.89. The summed E-state index contributed by atoms with van der Waals surface area (Å²) >= 11 is 0. The summed E-state index contributed by atoms with van der Waals surface area (Å²) in [4.78, 5) is 8.68. The van der Waals surface area contributed by atoms with Gasteiger partial charge in [0.1, 0.15) is 12.1 Å². The van der Waals surface area contributed by atoms with Crippen LogP contribution in [0.3, 0.4) is 0 Å². The highest BCUT2D eigenvalue weighted by molar-refractivity contribution is 5.51. The topological polar surface area (TPSA) is 55.6 Å². The van der Waals surface area contributed by atoms with Gasteiger partial charge in [0.15, 0.2) is 5.82 Å². The Bertz CT molecular complexity index is 545. The lowest BCUT2D eigenvalue weighted by Gasteiger charge is -2.11. The van der Waals surface area contributed by atoms with Gasteiger partial charge in [0, 0.05) is 18.8 Å². The van der Waals surface area contributed by atoms with Crippen LogP contribution < -0.4 is 5.32 Å². The van der Waals surface area contributed by atoms with Crippen molar-refractivity contribution in [3.05, 3.63) is 29.8 Å². The maximum Gasteiger partial charge on any atom is 0.161 e. The first-order valence-corrected chi connectivity index (χ1v) is 6.75. The van der Waals surface area contributed by atoms with Gasteiger partial charge in [0.2, 0.25) is 0 Å². The van der Waals surface area contributed by atoms with E-state index in [0.29, 0.717) is 5.92 Å². The molecule has 102 valence electrons. The number of rotatable bonds is 5. The van der Waals surface area contributed by atoms with Gasteiger partial charge < -0.3 is 5.32 Å². The highest BCUT2D eigenvalue weighted by atomic mass is 15.3. The van der Waals surface area contributed by atoms with Crippen molar-refractivity contribution >= 4 is 5.82 Å². The molecule has 1 N–H and O–H groups in total. The van der Waals surface area contributed by atoms with Crippen LogP contribution in [0.1, 0.15) is 44.4 Å². The number of hydrogen-bond acceptors (Lipinski definition) is 4. The van der Waals surface area contributed by atoms with Gasteiger partial charge >= 0.3 is 0 Å². The van der Waals surface area contributed by atoms with Gasteiger partial charge in [-0.15, -0.1) is 0 Å². The van der Waals surface area contributed by atoms with E-state index in [2.05, 4.69) is 41.2 Å². The molecule has 2 aromatic rings. The van der Waals surface area contributed by atoms with Crippen LogP contribution in [0, 0.1) is 0 Å². The minimum Gasteiger partial charge on any atom is -0.373 e. The molecule has 5 heteroatoms. The molecule has 19 heavy (non-hydrogen) atoms. The Balaban J connectivity index is 2.47. The Hall–Kier alpha value is -1.91. The second-order valence-electron chi connectivity index (χ2n) is 4.86. The van der Waals surface area contributed by atoms with E-state index in [4.69, 9.17) is 0 Å². The van der Waals surface area contributed by atoms with Gasteiger partial charge in [-0.25, -0.2) is 14.6 Å². The summed E-state index contributed by atoms with van der Waals surface area (Å²) < 4.78 is 1.85. The van der Waals surface area contributed by atoms with Gasteiger partial charge in [-0.05, 0) is 18.4 Å². The number of nitrogens with one attached hydrogen (secondary N) is 1. The van der Waals surface area contributed by atoms with Crippen LogP contribution in [0.2, 0.25) is 0 Å². The Morgan fingerprint density at radius 3 is 2.68 bits per heavy atom. The van der Waals surface area contributed by atoms with Crippen LogP contribution in [0.4, 0.5) is 5.82 Å². The molecule has 0 bridgehead atoms. The van der Waals surface area contributed by atoms with E-state index in [1.807, 2.05) is 24.0 Å². The van der Waals surface area contributed by atoms with Crippen LogP contribution in [0.25, 0.3) is 5.82 Å². The highest BCUT2D eigenvalue weighted by Crippen LogP contribution is 2.21. The third kappa shape index (κ3) is 2.75. The lowest BCUT2D eigenvalue weighted by Crippen LogP contribution is -2.09. The first kappa shape index (κ1) is 13.5. The fraction of sp³-hybridized carbons (Fsp3) is 0.500. The van der Waals surface area contributed by atoms with Crippen molar-refractivity contribution in [1.82, 2.24) is 19.7 Å². The summed E-state index contributed by atoms with van der Waals surface area (Å²) in [6, 6.07) is 2.04. The Morgan fingerprint density at radius 2 is 2.11 bits per heavy atom. The minimum atomic E-state index is 0.418. The monoisotopic (exact) mass is 259 g/mol. The largest absolute Gasteiger partial charge is 0.373 e. The quantitative estimate of drug-likeness (QED) is 0.897. The van der Waals surface area contributed by atoms with Gasteiger partial charge in [-0.1, -0.05) is 27.2 Å². The highest BCUT2D eigenvalue weighted by Gasteiger charge is 2.13. The zero-order chi connectivity index (χ0) is 13.8. The predicted octanol–water partition coefficient (Wildman–Crippen LogP) is 2.78. The van der Waals surface area contributed by atoms with Crippen molar-refractivity contribution in [2.24, 2.45) is 0 Å². The van der Waals surface area contributed by atoms with Crippen LogP contribution in [0.15, 0.2) is 18.6 Å². The van der Waals surface area contributed by atoms with Gasteiger partial charge in [0.25, 0.3) is 0 Å². The third-order valence-corrected chi connectivity index (χ3v) is 3.08. The molecule has 0 saturated carbocycles. The molecule has 0 aromatic carbocycles. The van der Waals surface area contributed by atoms with Crippen molar-refractivity contribution in [2.75, 3.05) is 12.4 Å². The normalized spacial score (nSPS) is 11.0. The van der Waals surface area contributed by atoms with E-state index in [9.17, 15) is 0 Å². The van der Waals surface area contributed by atoms with Crippen LogP contribution >= 0.6 is 0 Å². The molecule has 0 spiro atoms. The molecule has 2 rings (SSSR count). The number of anilines is 1. The zero-order valence-electron chi connectivity index (χ0n) is 12.0. The van der Waals surface area contributed by atoms with Gasteiger partial charge in [-0.3, -0.25) is 0 Å². The summed E-state index contributed by atoms with van der Waals surface area (Å²) in [6.07, 6.45) is 5.53. The molecule has 0 aliphatic heterocycles. The van der Waals surface area contributed by atoms with E-state index in [1.54, 1.807) is 6.33 Å².